The molecule has 0 atom stereocenters. The molecule has 0 fully saturated rings. The summed E-state index contributed by atoms with van der Waals surface area (Å²) in [6.45, 7) is 0. The van der Waals surface area contributed by atoms with E-state index in [0.717, 1.165) is 12.3 Å². The van der Waals surface area contributed by atoms with Crippen LogP contribution in [0.2, 0.25) is 0 Å². The van der Waals surface area contributed by atoms with Gasteiger partial charge in [-0.25, -0.2) is 4.98 Å². The van der Waals surface area contributed by atoms with E-state index in [0.29, 0.717) is 6.29 Å². The highest BCUT2D eigenvalue weighted by Crippen LogP contribution is 2.40. The van der Waals surface area contributed by atoms with E-state index in [1.807, 2.05) is 0 Å². The number of ether oxygens (including phenoxy) is 2. The van der Waals surface area contributed by atoms with Crippen LogP contribution < -0.4 is 9.47 Å². The highest BCUT2D eigenvalue weighted by molar-refractivity contribution is 5.73. The molecule has 0 bridgehead atoms. The Bertz CT molecular complexity index is 367. The van der Waals surface area contributed by atoms with Crippen molar-refractivity contribution in [2.75, 3.05) is 0 Å². The minimum atomic E-state index is -3.66. The molecule has 1 aliphatic heterocycles. The second-order valence-corrected chi connectivity index (χ2v) is 2.34. The maximum atomic E-state index is 12.4. The van der Waals surface area contributed by atoms with Crippen molar-refractivity contribution in [3.05, 3.63) is 18.0 Å². The fraction of sp³-hybridized carbons (Fsp3) is 0.143. The van der Waals surface area contributed by atoms with Gasteiger partial charge in [0.2, 0.25) is 0 Å². The van der Waals surface area contributed by atoms with Gasteiger partial charge in [-0.2, -0.15) is 0 Å². The van der Waals surface area contributed by atoms with Crippen molar-refractivity contribution in [3.8, 4) is 11.5 Å². The Morgan fingerprint density at radius 2 is 2.08 bits per heavy atom. The smallest absolute Gasteiger partial charge is 0.395 e. The number of hydrogen-bond acceptors (Lipinski definition) is 4. The second kappa shape index (κ2) is 2.38. The van der Waals surface area contributed by atoms with Gasteiger partial charge in [-0.1, -0.05) is 0 Å². The van der Waals surface area contributed by atoms with Crippen molar-refractivity contribution < 1.29 is 23.0 Å². The third-order valence-corrected chi connectivity index (χ3v) is 1.43. The topological polar surface area (TPSA) is 48.4 Å². The van der Waals surface area contributed by atoms with E-state index < -0.39 is 6.29 Å². The van der Waals surface area contributed by atoms with E-state index in [-0.39, 0.29) is 17.2 Å². The molecule has 1 aromatic rings. The first-order valence-corrected chi connectivity index (χ1v) is 3.32. The van der Waals surface area contributed by atoms with Crippen molar-refractivity contribution in [3.63, 3.8) is 0 Å². The van der Waals surface area contributed by atoms with Gasteiger partial charge in [0.1, 0.15) is 5.69 Å². The molecular formula is C7H3F2NO3. The van der Waals surface area contributed by atoms with Crippen LogP contribution in [0.1, 0.15) is 10.5 Å². The lowest BCUT2D eigenvalue weighted by Crippen LogP contribution is -2.25. The number of carbonyl (C=O) groups excluding carboxylic acids is 1. The third-order valence-electron chi connectivity index (χ3n) is 1.43. The van der Waals surface area contributed by atoms with Crippen LogP contribution in [0.3, 0.4) is 0 Å². The number of fused-ring (bicyclic) bond motifs is 1. The lowest BCUT2D eigenvalue weighted by Gasteiger charge is -2.04. The van der Waals surface area contributed by atoms with Crippen LogP contribution in [0, 0.1) is 0 Å². The molecule has 0 radical (unpaired) electrons. The summed E-state index contributed by atoms with van der Waals surface area (Å²) in [5.41, 5.74) is 0.0139. The Kier molecular flexibility index (Phi) is 1.45. The molecule has 0 aliphatic carbocycles. The molecule has 1 aromatic heterocycles. The van der Waals surface area contributed by atoms with Crippen LogP contribution in [0.5, 0.6) is 11.5 Å². The van der Waals surface area contributed by atoms with Gasteiger partial charge < -0.3 is 9.47 Å². The van der Waals surface area contributed by atoms with Gasteiger partial charge in [-0.05, 0) is 0 Å². The Morgan fingerprint density at radius 1 is 1.38 bits per heavy atom. The monoisotopic (exact) mass is 187 g/mol. The average Bonchev–Trinajstić information content (AvgIpc) is 2.36. The first-order chi connectivity index (χ1) is 6.11. The molecule has 0 aromatic carbocycles. The summed E-state index contributed by atoms with van der Waals surface area (Å²) in [6, 6.07) is 1.09. The largest absolute Gasteiger partial charge is 0.586 e. The Hall–Kier alpha value is -1.72. The molecule has 0 amide bonds. The van der Waals surface area contributed by atoms with E-state index in [9.17, 15) is 13.6 Å². The van der Waals surface area contributed by atoms with Crippen LogP contribution in [0.25, 0.3) is 0 Å². The van der Waals surface area contributed by atoms with Gasteiger partial charge in [0.05, 0.1) is 6.20 Å². The van der Waals surface area contributed by atoms with Crippen molar-refractivity contribution in [1.29, 1.82) is 0 Å². The minimum Gasteiger partial charge on any atom is -0.395 e. The molecule has 1 aliphatic rings. The zero-order valence-corrected chi connectivity index (χ0v) is 6.16. The summed E-state index contributed by atoms with van der Waals surface area (Å²) in [5.74, 6) is -0.349. The predicted octanol–water partition coefficient (Wildman–Crippen LogP) is 1.22. The summed E-state index contributed by atoms with van der Waals surface area (Å²) in [4.78, 5) is 13.7. The highest BCUT2D eigenvalue weighted by Gasteiger charge is 2.43. The predicted molar refractivity (Wildman–Crippen MR) is 35.8 cm³/mol. The number of carbonyl (C=O) groups is 1. The van der Waals surface area contributed by atoms with Crippen molar-refractivity contribution >= 4 is 6.29 Å². The molecular weight excluding hydrogens is 184 g/mol. The SMILES string of the molecule is O=Cc1cc2c(cn1)OC(F)(F)O2. The van der Waals surface area contributed by atoms with Crippen LogP contribution in [-0.4, -0.2) is 17.6 Å². The van der Waals surface area contributed by atoms with Gasteiger partial charge in [0, 0.05) is 6.07 Å². The maximum absolute atomic E-state index is 12.4. The lowest BCUT2D eigenvalue weighted by atomic mass is 10.3. The number of rotatable bonds is 1. The van der Waals surface area contributed by atoms with E-state index in [1.54, 1.807) is 0 Å². The number of aromatic nitrogens is 1. The van der Waals surface area contributed by atoms with E-state index in [2.05, 4.69) is 14.5 Å². The number of nitrogens with zero attached hydrogens (tertiary/aromatic N) is 1. The van der Waals surface area contributed by atoms with Gasteiger partial charge in [0.15, 0.2) is 17.8 Å². The van der Waals surface area contributed by atoms with Crippen LogP contribution in [-0.2, 0) is 0 Å². The molecule has 4 nitrogen and oxygen atoms in total. The summed E-state index contributed by atoms with van der Waals surface area (Å²) in [6.07, 6.45) is -2.22. The fourth-order valence-corrected chi connectivity index (χ4v) is 0.937. The molecule has 6 heteroatoms. The molecule has 2 heterocycles. The van der Waals surface area contributed by atoms with E-state index >= 15 is 0 Å². The Balaban J connectivity index is 2.41. The van der Waals surface area contributed by atoms with Crippen molar-refractivity contribution in [1.82, 2.24) is 4.98 Å². The molecule has 0 N–H and O–H groups in total. The summed E-state index contributed by atoms with van der Waals surface area (Å²) in [7, 11) is 0. The summed E-state index contributed by atoms with van der Waals surface area (Å²) < 4.78 is 33.0. The molecule has 13 heavy (non-hydrogen) atoms. The van der Waals surface area contributed by atoms with Crippen molar-refractivity contribution in [2.45, 2.75) is 6.29 Å². The molecule has 0 unspecified atom stereocenters. The molecule has 68 valence electrons. The highest BCUT2D eigenvalue weighted by atomic mass is 19.3. The number of pyridine rings is 1. The van der Waals surface area contributed by atoms with Gasteiger partial charge in [0.25, 0.3) is 0 Å². The Morgan fingerprint density at radius 3 is 2.77 bits per heavy atom. The quantitative estimate of drug-likeness (QED) is 0.620. The van der Waals surface area contributed by atoms with Crippen LogP contribution in [0.4, 0.5) is 8.78 Å². The summed E-state index contributed by atoms with van der Waals surface area (Å²) >= 11 is 0. The normalized spacial score (nSPS) is 17.1. The first-order valence-electron chi connectivity index (χ1n) is 3.32. The molecule has 0 saturated heterocycles. The number of hydrogen-bond donors (Lipinski definition) is 0. The third kappa shape index (κ3) is 1.30. The number of alkyl halides is 2. The van der Waals surface area contributed by atoms with Crippen LogP contribution in [0.15, 0.2) is 12.3 Å². The minimum absolute atomic E-state index is 0.0139. The zero-order valence-electron chi connectivity index (χ0n) is 6.16. The second-order valence-electron chi connectivity index (χ2n) is 2.34. The number of aldehydes is 1. The molecule has 0 spiro atoms. The maximum Gasteiger partial charge on any atom is 0.586 e. The number of halogens is 2. The van der Waals surface area contributed by atoms with Crippen molar-refractivity contribution in [2.24, 2.45) is 0 Å². The molecule has 2 rings (SSSR count). The summed E-state index contributed by atoms with van der Waals surface area (Å²) in [5, 5.41) is 0. The zero-order chi connectivity index (χ0) is 9.47. The first kappa shape index (κ1) is 7.90. The fourth-order valence-electron chi connectivity index (χ4n) is 0.937. The van der Waals surface area contributed by atoms with Gasteiger partial charge in [-0.15, -0.1) is 8.78 Å². The van der Waals surface area contributed by atoms with Crippen LogP contribution >= 0.6 is 0 Å². The lowest BCUT2D eigenvalue weighted by molar-refractivity contribution is -0.286. The van der Waals surface area contributed by atoms with E-state index in [1.165, 1.54) is 0 Å². The van der Waals surface area contributed by atoms with Gasteiger partial charge >= 0.3 is 6.29 Å². The Labute approximate surface area is 71.1 Å². The average molecular weight is 187 g/mol. The van der Waals surface area contributed by atoms with Gasteiger partial charge in [-0.3, -0.25) is 4.79 Å². The standard InChI is InChI=1S/C7H3F2NO3/c8-7(9)12-5-1-4(3-11)10-2-6(5)13-7/h1-3H. The molecule has 0 saturated carbocycles. The van der Waals surface area contributed by atoms with E-state index in [4.69, 9.17) is 0 Å².